The summed E-state index contributed by atoms with van der Waals surface area (Å²) < 4.78 is 31.5. The summed E-state index contributed by atoms with van der Waals surface area (Å²) in [5.41, 5.74) is 1.58. The summed E-state index contributed by atoms with van der Waals surface area (Å²) in [5.74, 6) is -0.944. The molecule has 2 atom stereocenters. The maximum absolute atomic E-state index is 13.7. The number of amides is 1. The molecule has 200 valence electrons. The summed E-state index contributed by atoms with van der Waals surface area (Å²) in [6.07, 6.45) is 0.187. The van der Waals surface area contributed by atoms with E-state index in [4.69, 9.17) is 16.3 Å². The van der Waals surface area contributed by atoms with E-state index < -0.39 is 27.3 Å². The molecule has 0 saturated carbocycles. The number of fused-ring (bicyclic) bond motifs is 1. The molecule has 4 rings (SSSR count). The number of halogens is 1. The van der Waals surface area contributed by atoms with E-state index in [0.29, 0.717) is 27.6 Å². The molecule has 38 heavy (non-hydrogen) atoms. The van der Waals surface area contributed by atoms with Gasteiger partial charge in [-0.1, -0.05) is 29.3 Å². The van der Waals surface area contributed by atoms with Crippen molar-refractivity contribution < 1.29 is 27.9 Å². The highest BCUT2D eigenvalue weighted by atomic mass is 35.5. The van der Waals surface area contributed by atoms with Crippen molar-refractivity contribution in [3.8, 4) is 5.75 Å². The zero-order valence-electron chi connectivity index (χ0n) is 21.5. The predicted octanol–water partition coefficient (Wildman–Crippen LogP) is 5.67. The number of carbonyl (C=O) groups excluding carboxylic acids is 1. The van der Waals surface area contributed by atoms with Crippen LogP contribution < -0.4 is 9.64 Å². The first kappa shape index (κ1) is 27.7. The Balaban J connectivity index is 1.73. The fourth-order valence-corrected chi connectivity index (χ4v) is 6.77. The number of aryl methyl sites for hydroxylation is 1. The molecule has 0 saturated heterocycles. The summed E-state index contributed by atoms with van der Waals surface area (Å²) in [5, 5.41) is 10.5. The van der Waals surface area contributed by atoms with E-state index in [-0.39, 0.29) is 35.8 Å². The number of carboxylic acid groups (broad SMARTS) is 1. The number of methoxy groups -OCH3 is 1. The Morgan fingerprint density at radius 2 is 1.71 bits per heavy atom. The van der Waals surface area contributed by atoms with Crippen molar-refractivity contribution >= 4 is 39.0 Å². The first-order chi connectivity index (χ1) is 18.0. The molecule has 3 aromatic carbocycles. The number of benzene rings is 3. The smallest absolute Gasteiger partial charge is 0.304 e. The zero-order chi connectivity index (χ0) is 27.7. The second-order valence-electron chi connectivity index (χ2n) is 9.70. The van der Waals surface area contributed by atoms with Gasteiger partial charge in [0, 0.05) is 27.7 Å². The Kier molecular flexibility index (Phi) is 7.85. The summed E-state index contributed by atoms with van der Waals surface area (Å²) in [6.45, 7) is 3.70. The lowest BCUT2D eigenvalue weighted by atomic mass is 9.71. The average molecular weight is 556 g/mol. The van der Waals surface area contributed by atoms with E-state index in [9.17, 15) is 23.1 Å². The topological polar surface area (TPSA) is 101 Å². The SMILES string of the molecule is COc1ccc2c(c1)C(CCCS(=O)(=O)c1ccc(C)cc1)(CC(=O)O)C(C)N2C(=O)c1ccc(Cl)cc1. The van der Waals surface area contributed by atoms with Crippen molar-refractivity contribution in [3.63, 3.8) is 0 Å². The molecular formula is C29H30ClNO6S. The van der Waals surface area contributed by atoms with Gasteiger partial charge < -0.3 is 14.7 Å². The molecule has 0 aromatic heterocycles. The van der Waals surface area contributed by atoms with Gasteiger partial charge in [-0.15, -0.1) is 0 Å². The van der Waals surface area contributed by atoms with Crippen molar-refractivity contribution in [2.24, 2.45) is 0 Å². The molecule has 0 fully saturated rings. The molecule has 1 heterocycles. The molecule has 7 nitrogen and oxygen atoms in total. The molecule has 0 radical (unpaired) electrons. The third kappa shape index (κ3) is 5.28. The van der Waals surface area contributed by atoms with E-state index in [1.807, 2.05) is 13.8 Å². The molecule has 1 aliphatic rings. The fraction of sp³-hybridized carbons (Fsp3) is 0.310. The second kappa shape index (κ2) is 10.8. The van der Waals surface area contributed by atoms with Crippen LogP contribution >= 0.6 is 11.6 Å². The van der Waals surface area contributed by atoms with Gasteiger partial charge in [-0.05, 0) is 86.8 Å². The quantitative estimate of drug-likeness (QED) is 0.365. The molecule has 1 aliphatic heterocycles. The number of aliphatic carboxylic acids is 1. The van der Waals surface area contributed by atoms with Crippen LogP contribution in [0.1, 0.15) is 47.7 Å². The first-order valence-corrected chi connectivity index (χ1v) is 14.3. The molecule has 1 N–H and O–H groups in total. The minimum Gasteiger partial charge on any atom is -0.497 e. The number of hydrogen-bond donors (Lipinski definition) is 1. The number of hydrogen-bond acceptors (Lipinski definition) is 5. The standard InChI is InChI=1S/C29H30ClNO6S/c1-19-5-12-24(13-6-19)38(35,36)16-4-15-29(18-27(32)33)20(2)31(26-14-11-23(37-3)17-25(26)29)28(34)21-7-9-22(30)10-8-21/h5-14,17,20H,4,15-16,18H2,1-3H3,(H,32,33). The van der Waals surface area contributed by atoms with Gasteiger partial charge in [0.1, 0.15) is 5.75 Å². The summed E-state index contributed by atoms with van der Waals surface area (Å²) in [4.78, 5) is 27.8. The number of ether oxygens (including phenoxy) is 1. The third-order valence-corrected chi connectivity index (χ3v) is 9.45. The summed E-state index contributed by atoms with van der Waals surface area (Å²) in [7, 11) is -2.06. The highest BCUT2D eigenvalue weighted by Crippen LogP contribution is 2.52. The molecule has 0 bridgehead atoms. The van der Waals surface area contributed by atoms with E-state index in [0.717, 1.165) is 5.56 Å². The Bertz CT molecular complexity index is 1450. The van der Waals surface area contributed by atoms with Crippen LogP contribution in [0.4, 0.5) is 5.69 Å². The minimum atomic E-state index is -3.57. The van der Waals surface area contributed by atoms with Gasteiger partial charge in [0.25, 0.3) is 5.91 Å². The van der Waals surface area contributed by atoms with Crippen LogP contribution in [0.25, 0.3) is 0 Å². The lowest BCUT2D eigenvalue weighted by Crippen LogP contribution is -2.47. The Labute approximate surface area is 227 Å². The van der Waals surface area contributed by atoms with Gasteiger partial charge in [-0.2, -0.15) is 0 Å². The van der Waals surface area contributed by atoms with E-state index in [1.54, 1.807) is 71.6 Å². The lowest BCUT2D eigenvalue weighted by Gasteiger charge is -2.36. The van der Waals surface area contributed by atoms with Crippen molar-refractivity contribution in [3.05, 3.63) is 88.4 Å². The Morgan fingerprint density at radius 3 is 2.32 bits per heavy atom. The number of anilines is 1. The predicted molar refractivity (Wildman–Crippen MR) is 147 cm³/mol. The van der Waals surface area contributed by atoms with Gasteiger partial charge >= 0.3 is 5.97 Å². The largest absolute Gasteiger partial charge is 0.497 e. The summed E-state index contributed by atoms with van der Waals surface area (Å²) >= 11 is 6.01. The van der Waals surface area contributed by atoms with Gasteiger partial charge in [-0.3, -0.25) is 9.59 Å². The maximum atomic E-state index is 13.7. The Hall–Kier alpha value is -3.36. The van der Waals surface area contributed by atoms with Gasteiger partial charge in [0.05, 0.1) is 24.2 Å². The molecule has 3 aromatic rings. The van der Waals surface area contributed by atoms with Crippen LogP contribution in [-0.4, -0.2) is 44.3 Å². The van der Waals surface area contributed by atoms with Crippen LogP contribution in [0.3, 0.4) is 0 Å². The molecule has 2 unspecified atom stereocenters. The monoisotopic (exact) mass is 555 g/mol. The summed E-state index contributed by atoms with van der Waals surface area (Å²) in [6, 6.07) is 17.9. The van der Waals surface area contributed by atoms with Gasteiger partial charge in [0.15, 0.2) is 9.84 Å². The van der Waals surface area contributed by atoms with Crippen LogP contribution in [0, 0.1) is 6.92 Å². The third-order valence-electron chi connectivity index (χ3n) is 7.38. The number of rotatable bonds is 9. The highest BCUT2D eigenvalue weighted by Gasteiger charge is 2.52. The first-order valence-electron chi connectivity index (χ1n) is 12.3. The van der Waals surface area contributed by atoms with Crippen LogP contribution in [0.5, 0.6) is 5.75 Å². The van der Waals surface area contributed by atoms with E-state index in [2.05, 4.69) is 0 Å². The van der Waals surface area contributed by atoms with Gasteiger partial charge in [-0.25, -0.2) is 8.42 Å². The van der Waals surface area contributed by atoms with Crippen molar-refractivity contribution in [1.82, 2.24) is 0 Å². The Morgan fingerprint density at radius 1 is 1.05 bits per heavy atom. The van der Waals surface area contributed by atoms with Crippen LogP contribution in [-0.2, 0) is 20.0 Å². The normalized spacial score (nSPS) is 18.7. The maximum Gasteiger partial charge on any atom is 0.304 e. The molecule has 1 amide bonds. The number of sulfone groups is 1. The molecule has 9 heteroatoms. The fourth-order valence-electron chi connectivity index (χ4n) is 5.33. The average Bonchev–Trinajstić information content (AvgIpc) is 3.10. The number of nitrogens with zero attached hydrogens (tertiary/aromatic N) is 1. The minimum absolute atomic E-state index is 0.144. The lowest BCUT2D eigenvalue weighted by molar-refractivity contribution is -0.138. The zero-order valence-corrected chi connectivity index (χ0v) is 23.1. The van der Waals surface area contributed by atoms with Crippen molar-refractivity contribution in [2.75, 3.05) is 17.8 Å². The second-order valence-corrected chi connectivity index (χ2v) is 12.2. The van der Waals surface area contributed by atoms with Crippen LogP contribution in [0.2, 0.25) is 5.02 Å². The van der Waals surface area contributed by atoms with Crippen molar-refractivity contribution in [2.45, 2.75) is 49.5 Å². The van der Waals surface area contributed by atoms with Crippen molar-refractivity contribution in [1.29, 1.82) is 0 Å². The number of carboxylic acids is 1. The van der Waals surface area contributed by atoms with E-state index in [1.165, 1.54) is 7.11 Å². The van der Waals surface area contributed by atoms with Gasteiger partial charge in [0.2, 0.25) is 0 Å². The molecular weight excluding hydrogens is 526 g/mol. The molecule has 0 aliphatic carbocycles. The highest BCUT2D eigenvalue weighted by molar-refractivity contribution is 7.91. The van der Waals surface area contributed by atoms with Crippen LogP contribution in [0.15, 0.2) is 71.6 Å². The number of carbonyl (C=O) groups is 2. The molecule has 0 spiro atoms. The van der Waals surface area contributed by atoms with E-state index >= 15 is 0 Å².